The molecule has 0 saturated carbocycles. The van der Waals surface area contributed by atoms with Crippen LogP contribution in [0.2, 0.25) is 0 Å². The van der Waals surface area contributed by atoms with Gasteiger partial charge in [0.15, 0.2) is 0 Å². The van der Waals surface area contributed by atoms with Gasteiger partial charge in [-0.3, -0.25) is 4.79 Å². The Balaban J connectivity index is 1.99. The van der Waals surface area contributed by atoms with Crippen LogP contribution in [0.25, 0.3) is 0 Å². The summed E-state index contributed by atoms with van der Waals surface area (Å²) in [7, 11) is 4.04. The lowest BCUT2D eigenvalue weighted by atomic mass is 10.2. The summed E-state index contributed by atoms with van der Waals surface area (Å²) in [5, 5.41) is 2.91. The van der Waals surface area contributed by atoms with Crippen LogP contribution in [0.1, 0.15) is 29.4 Å². The number of rotatable bonds is 9. The Morgan fingerprint density at radius 2 is 1.92 bits per heavy atom. The van der Waals surface area contributed by atoms with E-state index in [0.29, 0.717) is 12.2 Å². The molecule has 6 heteroatoms. The molecule has 25 heavy (non-hydrogen) atoms. The zero-order valence-corrected chi connectivity index (χ0v) is 15.3. The van der Waals surface area contributed by atoms with Crippen molar-refractivity contribution in [1.82, 2.24) is 20.2 Å². The first-order chi connectivity index (χ1) is 12.1. The SMILES string of the molecule is CCN(Cc1ccccc1)c1cc(C(=O)NCCCN(C)C)ncn1. The molecule has 0 radical (unpaired) electrons. The van der Waals surface area contributed by atoms with Gasteiger partial charge in [0.2, 0.25) is 0 Å². The van der Waals surface area contributed by atoms with Crippen molar-refractivity contribution >= 4 is 11.7 Å². The zero-order valence-electron chi connectivity index (χ0n) is 15.3. The van der Waals surface area contributed by atoms with E-state index in [0.717, 1.165) is 31.9 Å². The first-order valence-electron chi connectivity index (χ1n) is 8.64. The monoisotopic (exact) mass is 341 g/mol. The van der Waals surface area contributed by atoms with E-state index in [4.69, 9.17) is 0 Å². The van der Waals surface area contributed by atoms with Gasteiger partial charge >= 0.3 is 0 Å². The van der Waals surface area contributed by atoms with Gasteiger partial charge in [-0.1, -0.05) is 30.3 Å². The number of hydrogen-bond donors (Lipinski definition) is 1. The third-order valence-electron chi connectivity index (χ3n) is 3.87. The molecule has 1 aromatic carbocycles. The lowest BCUT2D eigenvalue weighted by Gasteiger charge is -2.22. The van der Waals surface area contributed by atoms with Gasteiger partial charge in [-0.2, -0.15) is 0 Å². The van der Waals surface area contributed by atoms with E-state index in [1.807, 2.05) is 32.3 Å². The van der Waals surface area contributed by atoms with Crippen molar-refractivity contribution in [2.45, 2.75) is 19.9 Å². The fourth-order valence-corrected chi connectivity index (χ4v) is 2.49. The second kappa shape index (κ2) is 9.74. The van der Waals surface area contributed by atoms with Crippen molar-refractivity contribution in [3.63, 3.8) is 0 Å². The molecule has 2 aromatic rings. The first-order valence-corrected chi connectivity index (χ1v) is 8.64. The third kappa shape index (κ3) is 6.15. The van der Waals surface area contributed by atoms with Crippen LogP contribution in [0.15, 0.2) is 42.7 Å². The van der Waals surface area contributed by atoms with Crippen molar-refractivity contribution in [3.05, 3.63) is 54.0 Å². The minimum absolute atomic E-state index is 0.154. The van der Waals surface area contributed by atoms with E-state index in [1.165, 1.54) is 11.9 Å². The molecule has 0 aliphatic heterocycles. The Kier molecular flexibility index (Phi) is 7.35. The minimum Gasteiger partial charge on any atom is -0.352 e. The summed E-state index contributed by atoms with van der Waals surface area (Å²) in [4.78, 5) is 25.0. The van der Waals surface area contributed by atoms with E-state index in [1.54, 1.807) is 6.07 Å². The third-order valence-corrected chi connectivity index (χ3v) is 3.87. The Morgan fingerprint density at radius 1 is 1.16 bits per heavy atom. The van der Waals surface area contributed by atoms with Crippen LogP contribution in [0.4, 0.5) is 5.82 Å². The number of hydrogen-bond acceptors (Lipinski definition) is 5. The number of benzene rings is 1. The molecule has 0 aliphatic rings. The van der Waals surface area contributed by atoms with Gasteiger partial charge in [-0.15, -0.1) is 0 Å². The molecule has 0 bridgehead atoms. The number of carbonyl (C=O) groups excluding carboxylic acids is 1. The summed E-state index contributed by atoms with van der Waals surface area (Å²) < 4.78 is 0. The van der Waals surface area contributed by atoms with Crippen molar-refractivity contribution in [2.24, 2.45) is 0 Å². The van der Waals surface area contributed by atoms with E-state index in [2.05, 4.69) is 44.1 Å². The van der Waals surface area contributed by atoms with Crippen LogP contribution in [-0.2, 0) is 6.54 Å². The van der Waals surface area contributed by atoms with Gasteiger partial charge < -0.3 is 15.1 Å². The van der Waals surface area contributed by atoms with E-state index >= 15 is 0 Å². The molecule has 0 aliphatic carbocycles. The molecule has 6 nitrogen and oxygen atoms in total. The topological polar surface area (TPSA) is 61.4 Å². The molecule has 2 rings (SSSR count). The van der Waals surface area contributed by atoms with E-state index < -0.39 is 0 Å². The standard InChI is InChI=1S/C19H27N5O/c1-4-24(14-16-9-6-5-7-10-16)18-13-17(21-15-22-18)19(25)20-11-8-12-23(2)3/h5-7,9-10,13,15H,4,8,11-12,14H2,1-3H3,(H,20,25). The highest BCUT2D eigenvalue weighted by Gasteiger charge is 2.12. The van der Waals surface area contributed by atoms with Gasteiger partial charge in [-0.25, -0.2) is 9.97 Å². The molecule has 0 saturated heterocycles. The summed E-state index contributed by atoms with van der Waals surface area (Å²) in [6, 6.07) is 12.0. The Labute approximate surface area is 149 Å². The Hall–Kier alpha value is -2.47. The highest BCUT2D eigenvalue weighted by Crippen LogP contribution is 2.14. The predicted octanol–water partition coefficient (Wildman–Crippen LogP) is 2.18. The number of aromatic nitrogens is 2. The second-order valence-corrected chi connectivity index (χ2v) is 6.17. The number of amides is 1. The molecule has 0 spiro atoms. The number of carbonyl (C=O) groups is 1. The fourth-order valence-electron chi connectivity index (χ4n) is 2.49. The van der Waals surface area contributed by atoms with Crippen molar-refractivity contribution in [3.8, 4) is 0 Å². The largest absolute Gasteiger partial charge is 0.352 e. The first kappa shape index (κ1) is 18.9. The van der Waals surface area contributed by atoms with Crippen LogP contribution in [0.5, 0.6) is 0 Å². The Bertz CT molecular complexity index is 660. The summed E-state index contributed by atoms with van der Waals surface area (Å²) in [6.07, 6.45) is 2.36. The van der Waals surface area contributed by atoms with Crippen LogP contribution in [-0.4, -0.2) is 54.5 Å². The maximum Gasteiger partial charge on any atom is 0.270 e. The normalized spacial score (nSPS) is 10.7. The van der Waals surface area contributed by atoms with Gasteiger partial charge in [0.25, 0.3) is 5.91 Å². The molecule has 1 amide bonds. The molecular weight excluding hydrogens is 314 g/mol. The minimum atomic E-state index is -0.154. The van der Waals surface area contributed by atoms with Crippen LogP contribution >= 0.6 is 0 Å². The van der Waals surface area contributed by atoms with Crippen LogP contribution in [0, 0.1) is 0 Å². The van der Waals surface area contributed by atoms with Gasteiger partial charge in [0.1, 0.15) is 17.8 Å². The quantitative estimate of drug-likeness (QED) is 0.709. The molecule has 0 unspecified atom stereocenters. The highest BCUT2D eigenvalue weighted by molar-refractivity contribution is 5.92. The Morgan fingerprint density at radius 3 is 2.60 bits per heavy atom. The molecular formula is C19H27N5O. The van der Waals surface area contributed by atoms with E-state index in [-0.39, 0.29) is 5.91 Å². The lowest BCUT2D eigenvalue weighted by Crippen LogP contribution is -2.29. The zero-order chi connectivity index (χ0) is 18.1. The maximum absolute atomic E-state index is 12.3. The number of anilines is 1. The van der Waals surface area contributed by atoms with E-state index in [9.17, 15) is 4.79 Å². The number of nitrogens with one attached hydrogen (secondary N) is 1. The molecule has 134 valence electrons. The smallest absolute Gasteiger partial charge is 0.270 e. The summed E-state index contributed by atoms with van der Waals surface area (Å²) >= 11 is 0. The van der Waals surface area contributed by atoms with Crippen molar-refractivity contribution < 1.29 is 4.79 Å². The molecule has 1 aromatic heterocycles. The summed E-state index contributed by atoms with van der Waals surface area (Å²) in [5.41, 5.74) is 1.61. The molecule has 0 fully saturated rings. The van der Waals surface area contributed by atoms with Crippen LogP contribution in [0.3, 0.4) is 0 Å². The van der Waals surface area contributed by atoms with Gasteiger partial charge in [0, 0.05) is 25.7 Å². The predicted molar refractivity (Wildman–Crippen MR) is 101 cm³/mol. The number of nitrogens with zero attached hydrogens (tertiary/aromatic N) is 4. The highest BCUT2D eigenvalue weighted by atomic mass is 16.1. The average molecular weight is 341 g/mol. The molecule has 1 N–H and O–H groups in total. The molecule has 0 atom stereocenters. The van der Waals surface area contributed by atoms with Gasteiger partial charge in [-0.05, 0) is 39.5 Å². The fraction of sp³-hybridized carbons (Fsp3) is 0.421. The lowest BCUT2D eigenvalue weighted by molar-refractivity contribution is 0.0947. The second-order valence-electron chi connectivity index (χ2n) is 6.17. The average Bonchev–Trinajstić information content (AvgIpc) is 2.64. The van der Waals surface area contributed by atoms with Crippen LogP contribution < -0.4 is 10.2 Å². The van der Waals surface area contributed by atoms with Crippen molar-refractivity contribution in [1.29, 1.82) is 0 Å². The van der Waals surface area contributed by atoms with Crippen molar-refractivity contribution in [2.75, 3.05) is 38.6 Å². The maximum atomic E-state index is 12.3. The van der Waals surface area contributed by atoms with Gasteiger partial charge in [0.05, 0.1) is 0 Å². The summed E-state index contributed by atoms with van der Waals surface area (Å²) in [6.45, 7) is 5.20. The summed E-state index contributed by atoms with van der Waals surface area (Å²) in [5.74, 6) is 0.609. The molecule has 1 heterocycles.